The minimum atomic E-state index is -4.35. The Morgan fingerprint density at radius 1 is 1.32 bits per heavy atom. The standard InChI is InChI=1S/C12H12F3N3S/c13-12(14,15)9-2-3-11(10(16)8-9)19-7-6-18-5-1-4-17-18/h1-5,8H,6-7,16H2. The summed E-state index contributed by atoms with van der Waals surface area (Å²) in [5.41, 5.74) is 5.07. The molecule has 0 aliphatic rings. The summed E-state index contributed by atoms with van der Waals surface area (Å²) in [6.45, 7) is 0.679. The van der Waals surface area contributed by atoms with Crippen LogP contribution in [-0.2, 0) is 12.7 Å². The minimum absolute atomic E-state index is 0.153. The second-order valence-corrected chi connectivity index (χ2v) is 5.00. The van der Waals surface area contributed by atoms with E-state index in [0.29, 0.717) is 17.2 Å². The first kappa shape index (κ1) is 13.8. The molecule has 2 rings (SSSR count). The van der Waals surface area contributed by atoms with Gasteiger partial charge in [0.05, 0.1) is 12.1 Å². The average Bonchev–Trinajstić information content (AvgIpc) is 2.83. The van der Waals surface area contributed by atoms with Gasteiger partial charge in [-0.25, -0.2) is 0 Å². The number of anilines is 1. The number of benzene rings is 1. The van der Waals surface area contributed by atoms with E-state index >= 15 is 0 Å². The largest absolute Gasteiger partial charge is 0.416 e. The SMILES string of the molecule is Nc1cc(C(F)(F)F)ccc1SCCn1cccn1. The Morgan fingerprint density at radius 3 is 2.68 bits per heavy atom. The van der Waals surface area contributed by atoms with Gasteiger partial charge in [-0.3, -0.25) is 4.68 Å². The zero-order chi connectivity index (χ0) is 13.9. The van der Waals surface area contributed by atoms with E-state index in [9.17, 15) is 13.2 Å². The van der Waals surface area contributed by atoms with Crippen LogP contribution in [0, 0.1) is 0 Å². The van der Waals surface area contributed by atoms with E-state index in [1.54, 1.807) is 10.9 Å². The van der Waals surface area contributed by atoms with E-state index in [-0.39, 0.29) is 5.69 Å². The predicted molar refractivity (Wildman–Crippen MR) is 68.8 cm³/mol. The van der Waals surface area contributed by atoms with Crippen LogP contribution in [0.1, 0.15) is 5.56 Å². The normalized spacial score (nSPS) is 11.7. The first-order valence-corrected chi connectivity index (χ1v) is 6.52. The first-order valence-electron chi connectivity index (χ1n) is 5.54. The summed E-state index contributed by atoms with van der Waals surface area (Å²) >= 11 is 1.41. The van der Waals surface area contributed by atoms with E-state index in [4.69, 9.17) is 5.73 Å². The molecule has 0 saturated heterocycles. The summed E-state index contributed by atoms with van der Waals surface area (Å²) in [5.74, 6) is 0.692. The maximum atomic E-state index is 12.5. The molecule has 0 fully saturated rings. The van der Waals surface area contributed by atoms with Crippen LogP contribution in [0.4, 0.5) is 18.9 Å². The molecular weight excluding hydrogens is 275 g/mol. The Hall–Kier alpha value is -1.63. The van der Waals surface area contributed by atoms with Gasteiger partial charge in [0.1, 0.15) is 0 Å². The molecule has 19 heavy (non-hydrogen) atoms. The zero-order valence-corrected chi connectivity index (χ0v) is 10.7. The Balaban J connectivity index is 1.97. The van der Waals surface area contributed by atoms with Gasteiger partial charge in [-0.2, -0.15) is 18.3 Å². The van der Waals surface area contributed by atoms with Crippen LogP contribution in [0.15, 0.2) is 41.6 Å². The van der Waals surface area contributed by atoms with Crippen LogP contribution in [0.25, 0.3) is 0 Å². The summed E-state index contributed by atoms with van der Waals surface area (Å²) in [6, 6.07) is 5.24. The molecule has 102 valence electrons. The third-order valence-electron chi connectivity index (χ3n) is 2.47. The summed E-state index contributed by atoms with van der Waals surface area (Å²) < 4.78 is 39.1. The number of rotatable bonds is 4. The smallest absolute Gasteiger partial charge is 0.398 e. The fourth-order valence-electron chi connectivity index (χ4n) is 1.54. The van der Waals surface area contributed by atoms with Gasteiger partial charge < -0.3 is 5.73 Å². The van der Waals surface area contributed by atoms with Crippen LogP contribution >= 0.6 is 11.8 Å². The van der Waals surface area contributed by atoms with E-state index in [0.717, 1.165) is 12.1 Å². The molecule has 1 aromatic heterocycles. The number of thioether (sulfide) groups is 1. The molecule has 0 saturated carbocycles. The fraction of sp³-hybridized carbons (Fsp3) is 0.250. The molecule has 0 atom stereocenters. The number of hydrogen-bond acceptors (Lipinski definition) is 3. The molecule has 0 aliphatic heterocycles. The molecule has 0 radical (unpaired) electrons. The lowest BCUT2D eigenvalue weighted by atomic mass is 10.2. The highest BCUT2D eigenvalue weighted by Gasteiger charge is 2.30. The average molecular weight is 287 g/mol. The van der Waals surface area contributed by atoms with Gasteiger partial charge >= 0.3 is 6.18 Å². The summed E-state index contributed by atoms with van der Waals surface area (Å²) in [4.78, 5) is 0.653. The molecule has 0 aliphatic carbocycles. The molecule has 2 N–H and O–H groups in total. The summed E-state index contributed by atoms with van der Waals surface area (Å²) in [7, 11) is 0. The van der Waals surface area contributed by atoms with E-state index in [2.05, 4.69) is 5.10 Å². The predicted octanol–water partition coefficient (Wildman–Crippen LogP) is 3.28. The second-order valence-electron chi connectivity index (χ2n) is 3.87. The first-order chi connectivity index (χ1) is 8.97. The number of nitrogens with two attached hydrogens (primary N) is 1. The van der Waals surface area contributed by atoms with Gasteiger partial charge in [0.2, 0.25) is 0 Å². The van der Waals surface area contributed by atoms with Crippen molar-refractivity contribution in [1.29, 1.82) is 0 Å². The molecule has 3 nitrogen and oxygen atoms in total. The van der Waals surface area contributed by atoms with E-state index in [1.165, 1.54) is 17.8 Å². The van der Waals surface area contributed by atoms with Crippen molar-refractivity contribution in [1.82, 2.24) is 9.78 Å². The maximum absolute atomic E-state index is 12.5. The Labute approximate surface area is 112 Å². The van der Waals surface area contributed by atoms with Gasteiger partial charge in [0.25, 0.3) is 0 Å². The van der Waals surface area contributed by atoms with Crippen LogP contribution in [-0.4, -0.2) is 15.5 Å². The number of halogens is 3. The second kappa shape index (κ2) is 5.56. The van der Waals surface area contributed by atoms with E-state index in [1.807, 2.05) is 12.3 Å². The van der Waals surface area contributed by atoms with Crippen LogP contribution in [0.2, 0.25) is 0 Å². The number of hydrogen-bond donors (Lipinski definition) is 1. The van der Waals surface area contributed by atoms with Crippen molar-refractivity contribution in [2.24, 2.45) is 0 Å². The number of nitrogen functional groups attached to an aromatic ring is 1. The van der Waals surface area contributed by atoms with Crippen molar-refractivity contribution in [2.45, 2.75) is 17.6 Å². The van der Waals surface area contributed by atoms with Gasteiger partial charge in [-0.05, 0) is 24.3 Å². The number of nitrogens with zero attached hydrogens (tertiary/aromatic N) is 2. The third kappa shape index (κ3) is 3.66. The van der Waals surface area contributed by atoms with Crippen molar-refractivity contribution in [3.8, 4) is 0 Å². The highest BCUT2D eigenvalue weighted by atomic mass is 32.2. The number of aromatic nitrogens is 2. The quantitative estimate of drug-likeness (QED) is 0.693. The maximum Gasteiger partial charge on any atom is 0.416 e. The monoisotopic (exact) mass is 287 g/mol. The highest BCUT2D eigenvalue weighted by molar-refractivity contribution is 7.99. The van der Waals surface area contributed by atoms with Gasteiger partial charge in [0, 0.05) is 28.7 Å². The van der Waals surface area contributed by atoms with Gasteiger partial charge in [-0.1, -0.05) is 0 Å². The van der Waals surface area contributed by atoms with Crippen molar-refractivity contribution < 1.29 is 13.2 Å². The van der Waals surface area contributed by atoms with Gasteiger partial charge in [-0.15, -0.1) is 11.8 Å². The van der Waals surface area contributed by atoms with Crippen molar-refractivity contribution >= 4 is 17.4 Å². The lowest BCUT2D eigenvalue weighted by Crippen LogP contribution is -2.06. The molecule has 0 unspecified atom stereocenters. The molecule has 0 bridgehead atoms. The summed E-state index contributed by atoms with van der Waals surface area (Å²) in [5, 5.41) is 4.04. The Morgan fingerprint density at radius 2 is 2.11 bits per heavy atom. The van der Waals surface area contributed by atoms with Crippen LogP contribution < -0.4 is 5.73 Å². The number of alkyl halides is 3. The Kier molecular flexibility index (Phi) is 4.04. The van der Waals surface area contributed by atoms with Crippen LogP contribution in [0.5, 0.6) is 0 Å². The molecule has 7 heteroatoms. The third-order valence-corrected chi connectivity index (χ3v) is 3.54. The zero-order valence-electron chi connectivity index (χ0n) is 9.89. The van der Waals surface area contributed by atoms with Crippen LogP contribution in [0.3, 0.4) is 0 Å². The lowest BCUT2D eigenvalue weighted by molar-refractivity contribution is -0.137. The fourth-order valence-corrected chi connectivity index (χ4v) is 2.43. The lowest BCUT2D eigenvalue weighted by Gasteiger charge is -2.10. The van der Waals surface area contributed by atoms with Gasteiger partial charge in [0.15, 0.2) is 0 Å². The van der Waals surface area contributed by atoms with Crippen molar-refractivity contribution in [3.63, 3.8) is 0 Å². The molecule has 1 aromatic carbocycles. The topological polar surface area (TPSA) is 43.8 Å². The molecule has 0 amide bonds. The van der Waals surface area contributed by atoms with E-state index < -0.39 is 11.7 Å². The summed E-state index contributed by atoms with van der Waals surface area (Å²) in [6.07, 6.45) is -0.847. The number of aryl methyl sites for hydroxylation is 1. The van der Waals surface area contributed by atoms with Crippen molar-refractivity contribution in [3.05, 3.63) is 42.2 Å². The molecule has 2 aromatic rings. The minimum Gasteiger partial charge on any atom is -0.398 e. The van der Waals surface area contributed by atoms with Crippen molar-refractivity contribution in [2.75, 3.05) is 11.5 Å². The molecular formula is C12H12F3N3S. The molecule has 1 heterocycles. The Bertz CT molecular complexity index is 538. The highest BCUT2D eigenvalue weighted by Crippen LogP contribution is 2.34. The molecule has 0 spiro atoms.